The van der Waals surface area contributed by atoms with E-state index in [1.54, 1.807) is 0 Å². The van der Waals surface area contributed by atoms with E-state index in [0.717, 1.165) is 52.5 Å². The third kappa shape index (κ3) is 19.2. The SMILES string of the molecule is C.C.C.CC.CC.CC.CC(C)N1CCN(c2ccccc2)CC1.CC(C)N1CCNCC1c1ccccc1.CC(C)N1CCOCC1c1ccccc1. The van der Waals surface area contributed by atoms with Crippen molar-refractivity contribution in [1.82, 2.24) is 20.0 Å². The largest absolute Gasteiger partial charge is 0.378 e. The molecule has 3 heterocycles. The van der Waals surface area contributed by atoms with Crippen LogP contribution in [0, 0.1) is 0 Å². The van der Waals surface area contributed by atoms with E-state index < -0.39 is 0 Å². The Morgan fingerprint density at radius 3 is 1.39 bits per heavy atom. The number of nitrogens with zero attached hydrogens (tertiary/aromatic N) is 4. The maximum atomic E-state index is 5.58. The van der Waals surface area contributed by atoms with Crippen LogP contribution in [0.1, 0.15) is 129 Å². The van der Waals surface area contributed by atoms with Gasteiger partial charge in [-0.2, -0.15) is 0 Å². The van der Waals surface area contributed by atoms with Gasteiger partial charge < -0.3 is 15.0 Å². The van der Waals surface area contributed by atoms with Crippen LogP contribution in [0.3, 0.4) is 0 Å². The summed E-state index contributed by atoms with van der Waals surface area (Å²) in [5, 5.41) is 3.48. The summed E-state index contributed by atoms with van der Waals surface area (Å²) in [5.41, 5.74) is 4.16. The highest BCUT2D eigenvalue weighted by Gasteiger charge is 2.26. The van der Waals surface area contributed by atoms with E-state index in [4.69, 9.17) is 4.74 Å². The van der Waals surface area contributed by atoms with Gasteiger partial charge in [0.1, 0.15) is 0 Å². The van der Waals surface area contributed by atoms with Crippen molar-refractivity contribution >= 4 is 5.69 Å². The molecule has 0 saturated carbocycles. The molecule has 0 bridgehead atoms. The number of para-hydroxylation sites is 1. The molecular formula is C48H89N5O. The molecule has 3 fully saturated rings. The van der Waals surface area contributed by atoms with Crippen molar-refractivity contribution in [2.24, 2.45) is 0 Å². The van der Waals surface area contributed by atoms with Gasteiger partial charge >= 0.3 is 0 Å². The molecule has 2 unspecified atom stereocenters. The first-order valence-electron chi connectivity index (χ1n) is 20.3. The molecule has 6 rings (SSSR count). The molecule has 0 radical (unpaired) electrons. The second kappa shape index (κ2) is 33.6. The maximum absolute atomic E-state index is 5.58. The lowest BCUT2D eigenvalue weighted by atomic mass is 10.0. The monoisotopic (exact) mass is 752 g/mol. The molecule has 0 aliphatic carbocycles. The molecule has 3 aliphatic rings. The molecule has 3 saturated heterocycles. The Kier molecular flexibility index (Phi) is 34.6. The first-order chi connectivity index (χ1) is 24.8. The minimum Gasteiger partial charge on any atom is -0.378 e. The maximum Gasteiger partial charge on any atom is 0.0664 e. The average Bonchev–Trinajstić information content (AvgIpc) is 3.21. The zero-order valence-electron chi connectivity index (χ0n) is 34.8. The van der Waals surface area contributed by atoms with Gasteiger partial charge in [-0.1, -0.05) is 143 Å². The van der Waals surface area contributed by atoms with Crippen molar-refractivity contribution in [1.29, 1.82) is 0 Å². The number of anilines is 1. The molecule has 3 aliphatic heterocycles. The quantitative estimate of drug-likeness (QED) is 0.270. The molecule has 0 amide bonds. The van der Waals surface area contributed by atoms with E-state index in [0.29, 0.717) is 30.2 Å². The molecule has 2 atom stereocenters. The fraction of sp³-hybridized carbons (Fsp3) is 0.625. The third-order valence-corrected chi connectivity index (χ3v) is 9.32. The van der Waals surface area contributed by atoms with Crippen molar-refractivity contribution in [3.05, 3.63) is 102 Å². The number of hydrogen-bond acceptors (Lipinski definition) is 6. The Balaban J connectivity index is -0.000000657. The fourth-order valence-electron chi connectivity index (χ4n) is 6.66. The molecule has 1 N–H and O–H groups in total. The summed E-state index contributed by atoms with van der Waals surface area (Å²) >= 11 is 0. The van der Waals surface area contributed by atoms with Gasteiger partial charge in [0.25, 0.3) is 0 Å². The molecule has 312 valence electrons. The number of morpholine rings is 1. The van der Waals surface area contributed by atoms with Crippen molar-refractivity contribution in [3.63, 3.8) is 0 Å². The van der Waals surface area contributed by atoms with Crippen LogP contribution < -0.4 is 10.2 Å². The van der Waals surface area contributed by atoms with Gasteiger partial charge in [-0.25, -0.2) is 0 Å². The molecule has 6 nitrogen and oxygen atoms in total. The number of nitrogens with one attached hydrogen (secondary N) is 1. The first-order valence-corrected chi connectivity index (χ1v) is 20.3. The van der Waals surface area contributed by atoms with Gasteiger partial charge in [0, 0.05) is 82.2 Å². The van der Waals surface area contributed by atoms with Crippen molar-refractivity contribution in [3.8, 4) is 0 Å². The summed E-state index contributed by atoms with van der Waals surface area (Å²) in [4.78, 5) is 10.1. The van der Waals surface area contributed by atoms with Gasteiger partial charge in [0.2, 0.25) is 0 Å². The van der Waals surface area contributed by atoms with Crippen LogP contribution in [0.4, 0.5) is 5.69 Å². The highest BCUT2D eigenvalue weighted by Crippen LogP contribution is 2.26. The Morgan fingerprint density at radius 1 is 0.519 bits per heavy atom. The van der Waals surface area contributed by atoms with Gasteiger partial charge in [0.15, 0.2) is 0 Å². The zero-order valence-corrected chi connectivity index (χ0v) is 34.8. The van der Waals surface area contributed by atoms with Crippen LogP contribution in [-0.2, 0) is 4.74 Å². The number of rotatable bonds is 6. The first kappa shape index (κ1) is 55.6. The third-order valence-electron chi connectivity index (χ3n) is 9.32. The second-order valence-corrected chi connectivity index (χ2v) is 13.2. The predicted molar refractivity (Wildman–Crippen MR) is 245 cm³/mol. The Morgan fingerprint density at radius 2 is 0.944 bits per heavy atom. The second-order valence-electron chi connectivity index (χ2n) is 13.2. The van der Waals surface area contributed by atoms with E-state index in [1.807, 2.05) is 41.5 Å². The Labute approximate surface area is 337 Å². The van der Waals surface area contributed by atoms with Crippen LogP contribution in [0.15, 0.2) is 91.0 Å². The van der Waals surface area contributed by atoms with Crippen LogP contribution in [0.25, 0.3) is 0 Å². The minimum absolute atomic E-state index is 0. The molecule has 6 heteroatoms. The van der Waals surface area contributed by atoms with E-state index in [1.165, 1.54) is 29.9 Å². The van der Waals surface area contributed by atoms with Crippen molar-refractivity contribution < 1.29 is 4.74 Å². The van der Waals surface area contributed by atoms with Gasteiger partial charge in [-0.15, -0.1) is 0 Å². The van der Waals surface area contributed by atoms with Crippen molar-refractivity contribution in [2.75, 3.05) is 70.5 Å². The Bertz CT molecular complexity index is 1120. The average molecular weight is 752 g/mol. The van der Waals surface area contributed by atoms with Gasteiger partial charge in [-0.05, 0) is 64.8 Å². The summed E-state index contributed by atoms with van der Waals surface area (Å²) < 4.78 is 5.58. The number of ether oxygens (including phenoxy) is 1. The topological polar surface area (TPSA) is 34.2 Å². The summed E-state index contributed by atoms with van der Waals surface area (Å²) in [5.74, 6) is 0. The van der Waals surface area contributed by atoms with Crippen LogP contribution in [-0.4, -0.2) is 98.4 Å². The fourth-order valence-corrected chi connectivity index (χ4v) is 6.66. The molecule has 0 spiro atoms. The molecule has 0 aromatic heterocycles. The van der Waals surface area contributed by atoms with Crippen molar-refractivity contribution in [2.45, 2.75) is 136 Å². The summed E-state index contributed by atoms with van der Waals surface area (Å²) in [6.07, 6.45) is 0. The van der Waals surface area contributed by atoms with E-state index >= 15 is 0 Å². The summed E-state index contributed by atoms with van der Waals surface area (Å²) in [6, 6.07) is 35.0. The highest BCUT2D eigenvalue weighted by atomic mass is 16.5. The molecule has 3 aromatic carbocycles. The molecule has 54 heavy (non-hydrogen) atoms. The summed E-state index contributed by atoms with van der Waals surface area (Å²) in [6.45, 7) is 36.4. The number of hydrogen-bond donors (Lipinski definition) is 1. The lowest BCUT2D eigenvalue weighted by molar-refractivity contribution is -0.0233. The van der Waals surface area contributed by atoms with Crippen LogP contribution in [0.5, 0.6) is 0 Å². The van der Waals surface area contributed by atoms with E-state index in [9.17, 15) is 0 Å². The van der Waals surface area contributed by atoms with Gasteiger partial charge in [0.05, 0.1) is 19.3 Å². The lowest BCUT2D eigenvalue weighted by Crippen LogP contribution is -2.48. The standard InChI is InChI=1S/2C13H20N2.C13H19NO.3C2H6.3CH4/c1-12(2)14-8-10-15(11-9-14)13-6-4-3-5-7-13;1-11(2)15-9-8-14-10-13(15)12-6-4-3-5-7-12;1-11(2)14-8-9-15-10-13(14)12-6-4-3-5-7-12;3*1-2;;;/h3-7,12H,8-11H2,1-2H3;3-7,11,13-14H,8-10H2,1-2H3;3-7,11,13H,8-10H2,1-2H3;3*1-2H3;3*1H4. The summed E-state index contributed by atoms with van der Waals surface area (Å²) in [7, 11) is 0. The highest BCUT2D eigenvalue weighted by molar-refractivity contribution is 5.46. The lowest BCUT2D eigenvalue weighted by Gasteiger charge is -2.39. The molecule has 3 aromatic rings. The van der Waals surface area contributed by atoms with E-state index in [-0.39, 0.29) is 22.3 Å². The van der Waals surface area contributed by atoms with Crippen LogP contribution >= 0.6 is 0 Å². The number of benzene rings is 3. The number of piperazine rings is 2. The molecular weight excluding hydrogens is 663 g/mol. The van der Waals surface area contributed by atoms with Gasteiger partial charge in [-0.3, -0.25) is 14.7 Å². The zero-order chi connectivity index (χ0) is 38.0. The predicted octanol–water partition coefficient (Wildman–Crippen LogP) is 11.7. The smallest absolute Gasteiger partial charge is 0.0664 e. The normalized spacial score (nSPS) is 18.4. The minimum atomic E-state index is 0. The van der Waals surface area contributed by atoms with E-state index in [2.05, 4.69) is 157 Å². The Hall–Kier alpha value is -2.74. The van der Waals surface area contributed by atoms with Crippen LogP contribution in [0.2, 0.25) is 0 Å².